The number of nitrogens with zero attached hydrogens (tertiary/aromatic N) is 2. The van der Waals surface area contributed by atoms with E-state index in [9.17, 15) is 4.79 Å². The van der Waals surface area contributed by atoms with E-state index in [2.05, 4.69) is 9.97 Å². The van der Waals surface area contributed by atoms with Gasteiger partial charge in [-0.15, -0.1) is 0 Å². The molecule has 0 aliphatic carbocycles. The summed E-state index contributed by atoms with van der Waals surface area (Å²) in [4.78, 5) is 20.3. The Bertz CT molecular complexity index is 571. The van der Waals surface area contributed by atoms with Crippen LogP contribution in [0.25, 0.3) is 0 Å². The molecular weight excluding hydrogens is 240 g/mol. The molecule has 0 aliphatic heterocycles. The van der Waals surface area contributed by atoms with Gasteiger partial charge in [0.2, 0.25) is 0 Å². The zero-order valence-electron chi connectivity index (χ0n) is 11.3. The zero-order chi connectivity index (χ0) is 13.8. The van der Waals surface area contributed by atoms with Gasteiger partial charge < -0.3 is 4.74 Å². The molecule has 0 atom stereocenters. The number of aryl methyl sites for hydroxylation is 2. The first-order valence-corrected chi connectivity index (χ1v) is 6.05. The van der Waals surface area contributed by atoms with Crippen molar-refractivity contribution in [2.75, 3.05) is 7.11 Å². The summed E-state index contributed by atoms with van der Waals surface area (Å²) in [6.07, 6.45) is 5.06. The standard InChI is InChI=1S/C15H16N2O2/c1-10-6-12(7-11(2)15(10)19-3)14(18)8-13-9-16-4-5-17-13/h4-7,9H,8H2,1-3H3. The fraction of sp³-hybridized carbons (Fsp3) is 0.267. The minimum Gasteiger partial charge on any atom is -0.496 e. The maximum Gasteiger partial charge on any atom is 0.168 e. The summed E-state index contributed by atoms with van der Waals surface area (Å²) in [6, 6.07) is 3.70. The van der Waals surface area contributed by atoms with E-state index in [0.29, 0.717) is 11.3 Å². The summed E-state index contributed by atoms with van der Waals surface area (Å²) in [5.41, 5.74) is 3.29. The summed E-state index contributed by atoms with van der Waals surface area (Å²) in [6.45, 7) is 3.87. The van der Waals surface area contributed by atoms with Crippen LogP contribution in [0.2, 0.25) is 0 Å². The Morgan fingerprint density at radius 1 is 1.21 bits per heavy atom. The van der Waals surface area contributed by atoms with E-state index in [1.54, 1.807) is 25.7 Å². The number of aromatic nitrogens is 2. The van der Waals surface area contributed by atoms with Gasteiger partial charge in [0.1, 0.15) is 5.75 Å². The highest BCUT2D eigenvalue weighted by Gasteiger charge is 2.12. The van der Waals surface area contributed by atoms with E-state index in [1.807, 2.05) is 26.0 Å². The fourth-order valence-corrected chi connectivity index (χ4v) is 2.12. The monoisotopic (exact) mass is 256 g/mol. The van der Waals surface area contributed by atoms with E-state index in [-0.39, 0.29) is 12.2 Å². The van der Waals surface area contributed by atoms with Gasteiger partial charge in [-0.3, -0.25) is 14.8 Å². The quantitative estimate of drug-likeness (QED) is 0.789. The first kappa shape index (κ1) is 13.2. The Morgan fingerprint density at radius 2 is 1.89 bits per heavy atom. The lowest BCUT2D eigenvalue weighted by atomic mass is 10.0. The van der Waals surface area contributed by atoms with Crippen molar-refractivity contribution in [3.63, 3.8) is 0 Å². The van der Waals surface area contributed by atoms with Crippen LogP contribution in [-0.4, -0.2) is 22.9 Å². The van der Waals surface area contributed by atoms with Crippen LogP contribution in [0.15, 0.2) is 30.7 Å². The highest BCUT2D eigenvalue weighted by Crippen LogP contribution is 2.24. The third-order valence-corrected chi connectivity index (χ3v) is 2.94. The Morgan fingerprint density at radius 3 is 2.42 bits per heavy atom. The number of Topliss-reactive ketones (excluding diaryl/α,β-unsaturated/α-hetero) is 1. The van der Waals surface area contributed by atoms with Crippen LogP contribution >= 0.6 is 0 Å². The molecule has 2 aromatic rings. The van der Waals surface area contributed by atoms with Crippen molar-refractivity contribution in [1.29, 1.82) is 0 Å². The Labute approximate surface area is 112 Å². The number of hydrogen-bond acceptors (Lipinski definition) is 4. The number of carbonyl (C=O) groups is 1. The molecule has 19 heavy (non-hydrogen) atoms. The van der Waals surface area contributed by atoms with E-state index >= 15 is 0 Å². The molecule has 4 heteroatoms. The largest absolute Gasteiger partial charge is 0.496 e. The summed E-state index contributed by atoms with van der Waals surface area (Å²) in [5.74, 6) is 0.866. The van der Waals surface area contributed by atoms with Crippen LogP contribution in [0.1, 0.15) is 27.2 Å². The first-order valence-electron chi connectivity index (χ1n) is 6.05. The third-order valence-electron chi connectivity index (χ3n) is 2.94. The molecule has 1 aromatic heterocycles. The number of benzene rings is 1. The lowest BCUT2D eigenvalue weighted by Crippen LogP contribution is -2.06. The minimum atomic E-state index is 0.0364. The highest BCUT2D eigenvalue weighted by atomic mass is 16.5. The number of carbonyl (C=O) groups excluding carboxylic acids is 1. The molecule has 0 N–H and O–H groups in total. The number of ether oxygens (including phenoxy) is 1. The van der Waals surface area contributed by atoms with Gasteiger partial charge in [0, 0.05) is 24.2 Å². The lowest BCUT2D eigenvalue weighted by molar-refractivity contribution is 0.0991. The number of methoxy groups -OCH3 is 1. The third kappa shape index (κ3) is 2.96. The molecule has 0 bridgehead atoms. The lowest BCUT2D eigenvalue weighted by Gasteiger charge is -2.10. The number of hydrogen-bond donors (Lipinski definition) is 0. The second kappa shape index (κ2) is 5.61. The first-order chi connectivity index (χ1) is 9.11. The number of ketones is 1. The second-order valence-corrected chi connectivity index (χ2v) is 4.44. The van der Waals surface area contributed by atoms with Crippen LogP contribution < -0.4 is 4.74 Å². The predicted octanol–water partition coefficient (Wildman–Crippen LogP) is 2.53. The van der Waals surface area contributed by atoms with Gasteiger partial charge in [0.15, 0.2) is 5.78 Å². The summed E-state index contributed by atoms with van der Waals surface area (Å²) in [7, 11) is 1.64. The molecule has 0 fully saturated rings. The summed E-state index contributed by atoms with van der Waals surface area (Å²) < 4.78 is 5.30. The molecule has 0 saturated heterocycles. The predicted molar refractivity (Wildman–Crippen MR) is 72.5 cm³/mol. The minimum absolute atomic E-state index is 0.0364. The van der Waals surface area contributed by atoms with Crippen molar-refractivity contribution < 1.29 is 9.53 Å². The van der Waals surface area contributed by atoms with E-state index in [4.69, 9.17) is 4.74 Å². The summed E-state index contributed by atoms with van der Waals surface area (Å²) in [5, 5.41) is 0. The molecule has 0 radical (unpaired) electrons. The van der Waals surface area contributed by atoms with Crippen molar-refractivity contribution in [1.82, 2.24) is 9.97 Å². The Balaban J connectivity index is 2.25. The van der Waals surface area contributed by atoms with Gasteiger partial charge in [-0.2, -0.15) is 0 Å². The molecule has 1 aromatic carbocycles. The second-order valence-electron chi connectivity index (χ2n) is 4.44. The molecule has 0 unspecified atom stereocenters. The maximum absolute atomic E-state index is 12.2. The topological polar surface area (TPSA) is 52.1 Å². The van der Waals surface area contributed by atoms with Gasteiger partial charge in [-0.25, -0.2) is 0 Å². The number of rotatable bonds is 4. The van der Waals surface area contributed by atoms with Crippen molar-refractivity contribution in [3.05, 3.63) is 53.1 Å². The van der Waals surface area contributed by atoms with Crippen molar-refractivity contribution in [2.24, 2.45) is 0 Å². The van der Waals surface area contributed by atoms with Gasteiger partial charge in [0.25, 0.3) is 0 Å². The average Bonchev–Trinajstić information content (AvgIpc) is 2.39. The van der Waals surface area contributed by atoms with Crippen molar-refractivity contribution >= 4 is 5.78 Å². The van der Waals surface area contributed by atoms with Crippen molar-refractivity contribution in [3.8, 4) is 5.75 Å². The smallest absolute Gasteiger partial charge is 0.168 e. The average molecular weight is 256 g/mol. The van der Waals surface area contributed by atoms with Gasteiger partial charge in [-0.05, 0) is 37.1 Å². The van der Waals surface area contributed by atoms with Crippen LogP contribution in [0.5, 0.6) is 5.75 Å². The van der Waals surface area contributed by atoms with Crippen LogP contribution in [0.3, 0.4) is 0 Å². The van der Waals surface area contributed by atoms with Crippen LogP contribution in [0.4, 0.5) is 0 Å². The van der Waals surface area contributed by atoms with Crippen LogP contribution in [0, 0.1) is 13.8 Å². The molecule has 2 rings (SSSR count). The van der Waals surface area contributed by atoms with Crippen LogP contribution in [-0.2, 0) is 6.42 Å². The van der Waals surface area contributed by atoms with Crippen molar-refractivity contribution in [2.45, 2.75) is 20.3 Å². The Hall–Kier alpha value is -2.23. The highest BCUT2D eigenvalue weighted by molar-refractivity contribution is 5.97. The van der Waals surface area contributed by atoms with Gasteiger partial charge >= 0.3 is 0 Å². The SMILES string of the molecule is COc1c(C)cc(C(=O)Cc2cnccn2)cc1C. The van der Waals surface area contributed by atoms with Gasteiger partial charge in [0.05, 0.1) is 19.2 Å². The zero-order valence-corrected chi connectivity index (χ0v) is 11.3. The molecule has 0 spiro atoms. The molecule has 1 heterocycles. The molecule has 4 nitrogen and oxygen atoms in total. The molecular formula is C15H16N2O2. The molecule has 0 aliphatic rings. The normalized spacial score (nSPS) is 10.3. The summed E-state index contributed by atoms with van der Waals surface area (Å²) >= 11 is 0. The van der Waals surface area contributed by atoms with Gasteiger partial charge in [-0.1, -0.05) is 0 Å². The fourth-order valence-electron chi connectivity index (χ4n) is 2.12. The Kier molecular flexibility index (Phi) is 3.90. The molecule has 0 saturated carbocycles. The van der Waals surface area contributed by atoms with E-state index in [0.717, 1.165) is 16.9 Å². The molecule has 98 valence electrons. The van der Waals surface area contributed by atoms with E-state index < -0.39 is 0 Å². The molecule has 0 amide bonds. The maximum atomic E-state index is 12.2. The van der Waals surface area contributed by atoms with E-state index in [1.165, 1.54) is 0 Å².